The minimum absolute atomic E-state index is 0.0645. The third-order valence-corrected chi connectivity index (χ3v) is 4.87. The Kier molecular flexibility index (Phi) is 4.70. The fourth-order valence-corrected chi connectivity index (χ4v) is 2.80. The van der Waals surface area contributed by atoms with Crippen LogP contribution in [0.4, 0.5) is 0 Å². The van der Waals surface area contributed by atoms with Crippen molar-refractivity contribution in [2.45, 2.75) is 17.9 Å². The van der Waals surface area contributed by atoms with Crippen molar-refractivity contribution in [2.24, 2.45) is 0 Å². The highest BCUT2D eigenvalue weighted by Gasteiger charge is 2.21. The summed E-state index contributed by atoms with van der Waals surface area (Å²) in [6, 6.07) is 9.10. The molecule has 0 aliphatic heterocycles. The van der Waals surface area contributed by atoms with Crippen molar-refractivity contribution >= 4 is 15.7 Å². The van der Waals surface area contributed by atoms with Gasteiger partial charge in [0.25, 0.3) is 11.5 Å². The maximum Gasteiger partial charge on any atom is 0.260 e. The highest BCUT2D eigenvalue weighted by atomic mass is 32.2. The molecular formula is C16H18N2O4S. The molecule has 1 heterocycles. The molecule has 2 rings (SSSR count). The zero-order valence-electron chi connectivity index (χ0n) is 13.1. The molecule has 1 amide bonds. The minimum atomic E-state index is -3.26. The summed E-state index contributed by atoms with van der Waals surface area (Å²) in [6.07, 6.45) is 2.61. The zero-order chi connectivity index (χ0) is 17.2. The maximum atomic E-state index is 12.4. The van der Waals surface area contributed by atoms with Gasteiger partial charge in [-0.1, -0.05) is 12.1 Å². The van der Waals surface area contributed by atoms with E-state index < -0.39 is 21.3 Å². The third-order valence-electron chi connectivity index (χ3n) is 3.74. The number of aromatic nitrogens is 1. The molecule has 2 aromatic rings. The van der Waals surface area contributed by atoms with Crippen LogP contribution >= 0.6 is 0 Å². The van der Waals surface area contributed by atoms with Crippen LogP contribution in [-0.2, 0) is 9.84 Å². The lowest BCUT2D eigenvalue weighted by molar-refractivity contribution is 0.0740. The van der Waals surface area contributed by atoms with Gasteiger partial charge in [0, 0.05) is 19.5 Å². The van der Waals surface area contributed by atoms with Gasteiger partial charge in [0.1, 0.15) is 5.56 Å². The first-order chi connectivity index (χ1) is 10.7. The summed E-state index contributed by atoms with van der Waals surface area (Å²) in [5.41, 5.74) is 0.402. The number of carbonyl (C=O) groups excluding carboxylic acids is 1. The summed E-state index contributed by atoms with van der Waals surface area (Å²) in [5.74, 6) is -0.397. The lowest BCUT2D eigenvalue weighted by Crippen LogP contribution is -2.33. The molecule has 0 bridgehead atoms. The van der Waals surface area contributed by atoms with Crippen molar-refractivity contribution in [3.63, 3.8) is 0 Å². The normalized spacial score (nSPS) is 12.7. The standard InChI is InChI=1S/C16H18N2O4S/c1-11(12-6-8-13(9-7-12)23(3,21)22)18(2)16(20)14-5-4-10-17-15(14)19/h4-11H,1-3H3,(H,17,19)/t11-/m0/s1. The predicted octanol–water partition coefficient (Wildman–Crippen LogP) is 1.61. The van der Waals surface area contributed by atoms with Crippen LogP contribution in [0.5, 0.6) is 0 Å². The molecule has 122 valence electrons. The van der Waals surface area contributed by atoms with Crippen LogP contribution in [0, 0.1) is 0 Å². The number of sulfone groups is 1. The van der Waals surface area contributed by atoms with E-state index in [2.05, 4.69) is 4.98 Å². The van der Waals surface area contributed by atoms with Crippen molar-refractivity contribution < 1.29 is 13.2 Å². The van der Waals surface area contributed by atoms with Crippen molar-refractivity contribution in [3.8, 4) is 0 Å². The van der Waals surface area contributed by atoms with Crippen LogP contribution in [0.2, 0.25) is 0 Å². The van der Waals surface area contributed by atoms with Crippen LogP contribution in [0.1, 0.15) is 28.9 Å². The van der Waals surface area contributed by atoms with Crippen LogP contribution in [-0.4, -0.2) is 37.5 Å². The Morgan fingerprint density at radius 3 is 2.30 bits per heavy atom. The Balaban J connectivity index is 2.26. The number of H-pyrrole nitrogens is 1. The van der Waals surface area contributed by atoms with Gasteiger partial charge in [-0.3, -0.25) is 9.59 Å². The number of nitrogens with zero attached hydrogens (tertiary/aromatic N) is 1. The Morgan fingerprint density at radius 1 is 1.17 bits per heavy atom. The van der Waals surface area contributed by atoms with E-state index in [1.165, 1.54) is 29.3 Å². The molecular weight excluding hydrogens is 316 g/mol. The van der Waals surface area contributed by atoms with E-state index in [0.717, 1.165) is 11.8 Å². The molecule has 0 spiro atoms. The summed E-state index contributed by atoms with van der Waals surface area (Å²) in [4.78, 5) is 28.3. The van der Waals surface area contributed by atoms with Crippen molar-refractivity contribution in [3.05, 3.63) is 64.1 Å². The summed E-state index contributed by atoms with van der Waals surface area (Å²) < 4.78 is 23.0. The highest BCUT2D eigenvalue weighted by Crippen LogP contribution is 2.21. The van der Waals surface area contributed by atoms with Gasteiger partial charge in [0.15, 0.2) is 9.84 Å². The topological polar surface area (TPSA) is 87.3 Å². The predicted molar refractivity (Wildman–Crippen MR) is 87.1 cm³/mol. The van der Waals surface area contributed by atoms with Crippen LogP contribution < -0.4 is 5.56 Å². The van der Waals surface area contributed by atoms with E-state index in [-0.39, 0.29) is 16.5 Å². The SMILES string of the molecule is C[C@@H](c1ccc(S(C)(=O)=O)cc1)N(C)C(=O)c1ccc[nH]c1=O. The average Bonchev–Trinajstić information content (AvgIpc) is 2.52. The Bertz CT molecular complexity index is 869. The largest absolute Gasteiger partial charge is 0.335 e. The summed E-state index contributed by atoms with van der Waals surface area (Å²) in [5, 5.41) is 0. The first-order valence-electron chi connectivity index (χ1n) is 6.96. The second-order valence-electron chi connectivity index (χ2n) is 5.35. The molecule has 0 saturated carbocycles. The van der Waals surface area contributed by atoms with Gasteiger partial charge < -0.3 is 9.88 Å². The summed E-state index contributed by atoms with van der Waals surface area (Å²) >= 11 is 0. The number of nitrogens with one attached hydrogen (secondary N) is 1. The zero-order valence-corrected chi connectivity index (χ0v) is 13.9. The number of hydrogen-bond donors (Lipinski definition) is 1. The Morgan fingerprint density at radius 2 is 1.78 bits per heavy atom. The summed E-state index contributed by atoms with van der Waals surface area (Å²) in [7, 11) is -1.66. The van der Waals surface area contributed by atoms with E-state index in [4.69, 9.17) is 0 Å². The number of benzene rings is 1. The van der Waals surface area contributed by atoms with Gasteiger partial charge >= 0.3 is 0 Å². The van der Waals surface area contributed by atoms with E-state index in [1.807, 2.05) is 6.92 Å². The number of hydrogen-bond acceptors (Lipinski definition) is 4. The quantitative estimate of drug-likeness (QED) is 0.920. The third kappa shape index (κ3) is 3.68. The summed E-state index contributed by atoms with van der Waals surface area (Å²) in [6.45, 7) is 1.81. The number of pyridine rings is 1. The fraction of sp³-hybridized carbons (Fsp3) is 0.250. The maximum absolute atomic E-state index is 12.4. The Hall–Kier alpha value is -2.41. The first-order valence-corrected chi connectivity index (χ1v) is 8.86. The van der Waals surface area contributed by atoms with Gasteiger partial charge in [-0.15, -0.1) is 0 Å². The number of amides is 1. The van der Waals surface area contributed by atoms with Crippen molar-refractivity contribution in [1.82, 2.24) is 9.88 Å². The molecule has 1 aromatic heterocycles. The molecule has 0 fully saturated rings. The van der Waals surface area contributed by atoms with Crippen molar-refractivity contribution in [2.75, 3.05) is 13.3 Å². The van der Waals surface area contributed by atoms with Crippen LogP contribution in [0.3, 0.4) is 0 Å². The van der Waals surface area contributed by atoms with Crippen LogP contribution in [0.25, 0.3) is 0 Å². The minimum Gasteiger partial charge on any atom is -0.335 e. The Labute approximate surface area is 134 Å². The molecule has 1 atom stereocenters. The van der Waals surface area contributed by atoms with Crippen molar-refractivity contribution in [1.29, 1.82) is 0 Å². The highest BCUT2D eigenvalue weighted by molar-refractivity contribution is 7.90. The van der Waals surface area contributed by atoms with E-state index >= 15 is 0 Å². The first kappa shape index (κ1) is 17.0. The van der Waals surface area contributed by atoms with Gasteiger partial charge in [-0.05, 0) is 36.8 Å². The lowest BCUT2D eigenvalue weighted by atomic mass is 10.1. The number of rotatable bonds is 4. The molecule has 23 heavy (non-hydrogen) atoms. The van der Waals surface area contributed by atoms with E-state index in [9.17, 15) is 18.0 Å². The van der Waals surface area contributed by atoms with Crippen LogP contribution in [0.15, 0.2) is 52.3 Å². The molecule has 0 aliphatic rings. The monoisotopic (exact) mass is 334 g/mol. The second kappa shape index (κ2) is 6.37. The van der Waals surface area contributed by atoms with Gasteiger partial charge in [0.05, 0.1) is 10.9 Å². The molecule has 7 heteroatoms. The van der Waals surface area contributed by atoms with Gasteiger partial charge in [-0.2, -0.15) is 0 Å². The molecule has 6 nitrogen and oxygen atoms in total. The smallest absolute Gasteiger partial charge is 0.260 e. The van der Waals surface area contributed by atoms with E-state index in [1.54, 1.807) is 25.2 Å². The molecule has 0 unspecified atom stereocenters. The van der Waals surface area contributed by atoms with Gasteiger partial charge in [-0.25, -0.2) is 8.42 Å². The van der Waals surface area contributed by atoms with E-state index in [0.29, 0.717) is 0 Å². The molecule has 0 radical (unpaired) electrons. The lowest BCUT2D eigenvalue weighted by Gasteiger charge is -2.25. The number of aromatic amines is 1. The molecule has 1 N–H and O–H groups in total. The molecule has 1 aromatic carbocycles. The molecule has 0 saturated heterocycles. The number of carbonyl (C=O) groups is 1. The average molecular weight is 334 g/mol. The second-order valence-corrected chi connectivity index (χ2v) is 7.36. The molecule has 0 aliphatic carbocycles. The fourth-order valence-electron chi connectivity index (χ4n) is 2.17. The van der Waals surface area contributed by atoms with Gasteiger partial charge in [0.2, 0.25) is 0 Å².